The van der Waals surface area contributed by atoms with E-state index in [2.05, 4.69) is 6.92 Å². The Labute approximate surface area is 130 Å². The Hall–Kier alpha value is -0.900. The summed E-state index contributed by atoms with van der Waals surface area (Å²) in [6.07, 6.45) is -1.22. The lowest BCUT2D eigenvalue weighted by Gasteiger charge is -2.30. The van der Waals surface area contributed by atoms with Crippen molar-refractivity contribution in [1.82, 2.24) is 0 Å². The lowest BCUT2D eigenvalue weighted by Crippen LogP contribution is -2.32. The predicted octanol–water partition coefficient (Wildman–Crippen LogP) is 5.85. The number of unbranched alkanes of at least 4 members (excludes halogenated alkanes) is 2. The number of hydrogen-bond acceptors (Lipinski definition) is 1. The number of halogens is 4. The molecule has 5 heteroatoms. The van der Waals surface area contributed by atoms with Crippen molar-refractivity contribution in [2.45, 2.75) is 58.1 Å². The summed E-state index contributed by atoms with van der Waals surface area (Å²) in [4.78, 5) is 2.02. The van der Waals surface area contributed by atoms with E-state index in [9.17, 15) is 13.2 Å². The van der Waals surface area contributed by atoms with Gasteiger partial charge in [-0.2, -0.15) is 13.2 Å². The first kappa shape index (κ1) is 18.1. The molecule has 0 heterocycles. The molecule has 0 amide bonds. The molecule has 0 atom stereocenters. The third-order valence-corrected chi connectivity index (χ3v) is 3.79. The van der Waals surface area contributed by atoms with Crippen molar-refractivity contribution >= 4 is 17.3 Å². The van der Waals surface area contributed by atoms with Gasteiger partial charge in [0.2, 0.25) is 0 Å². The summed E-state index contributed by atoms with van der Waals surface area (Å²) in [5.41, 5.74) is 0.114. The minimum absolute atomic E-state index is 0.130. The van der Waals surface area contributed by atoms with Crippen LogP contribution in [0.5, 0.6) is 0 Å². The molecule has 1 nitrogen and oxygen atoms in total. The van der Waals surface area contributed by atoms with Crippen LogP contribution in [0, 0.1) is 0 Å². The van der Waals surface area contributed by atoms with Gasteiger partial charge in [-0.1, -0.05) is 25.8 Å². The van der Waals surface area contributed by atoms with Crippen LogP contribution in [0.1, 0.15) is 51.2 Å². The van der Waals surface area contributed by atoms with Gasteiger partial charge < -0.3 is 4.90 Å². The van der Waals surface area contributed by atoms with E-state index in [-0.39, 0.29) is 17.5 Å². The van der Waals surface area contributed by atoms with Gasteiger partial charge >= 0.3 is 6.18 Å². The summed E-state index contributed by atoms with van der Waals surface area (Å²) in [7, 11) is 0. The van der Waals surface area contributed by atoms with Crippen molar-refractivity contribution in [3.63, 3.8) is 0 Å². The minimum Gasteiger partial charge on any atom is -0.369 e. The van der Waals surface area contributed by atoms with E-state index >= 15 is 0 Å². The third-order valence-electron chi connectivity index (χ3n) is 3.50. The average Bonchev–Trinajstić information content (AvgIpc) is 2.41. The zero-order chi connectivity index (χ0) is 16.0. The molecule has 0 aliphatic rings. The van der Waals surface area contributed by atoms with Crippen LogP contribution < -0.4 is 4.90 Å². The van der Waals surface area contributed by atoms with E-state index in [1.54, 1.807) is 6.07 Å². The standard InChI is InChI=1S/C16H23ClF3N/c1-4-5-6-9-21(12(2)3)14-8-7-13(11-17)15(10-14)16(18,19)20/h7-8,10,12H,4-6,9,11H2,1-3H3. The van der Waals surface area contributed by atoms with Gasteiger partial charge in [0.05, 0.1) is 5.56 Å². The van der Waals surface area contributed by atoms with E-state index in [1.165, 1.54) is 12.1 Å². The first-order valence-corrected chi connectivity index (χ1v) is 7.87. The zero-order valence-corrected chi connectivity index (χ0v) is 13.6. The van der Waals surface area contributed by atoms with Crippen LogP contribution in [0.2, 0.25) is 0 Å². The molecule has 1 aromatic carbocycles. The third kappa shape index (κ3) is 5.10. The number of alkyl halides is 4. The molecule has 0 fully saturated rings. The number of anilines is 1. The molecule has 1 aromatic rings. The summed E-state index contributed by atoms with van der Waals surface area (Å²) in [5, 5.41) is 0. The van der Waals surface area contributed by atoms with E-state index in [4.69, 9.17) is 11.6 Å². The Balaban J connectivity index is 3.09. The Morgan fingerprint density at radius 1 is 1.19 bits per heavy atom. The molecule has 0 saturated heterocycles. The smallest absolute Gasteiger partial charge is 0.369 e. The predicted molar refractivity (Wildman–Crippen MR) is 83.0 cm³/mol. The first-order valence-electron chi connectivity index (χ1n) is 7.34. The topological polar surface area (TPSA) is 3.24 Å². The lowest BCUT2D eigenvalue weighted by atomic mass is 10.1. The molecule has 0 radical (unpaired) electrons. The normalized spacial score (nSPS) is 12.0. The van der Waals surface area contributed by atoms with Crippen molar-refractivity contribution in [1.29, 1.82) is 0 Å². The molecular weight excluding hydrogens is 299 g/mol. The van der Waals surface area contributed by atoms with Gasteiger partial charge in [-0.05, 0) is 38.0 Å². The van der Waals surface area contributed by atoms with Gasteiger partial charge in [0.15, 0.2) is 0 Å². The van der Waals surface area contributed by atoms with Crippen LogP contribution >= 0.6 is 11.6 Å². The van der Waals surface area contributed by atoms with Crippen LogP contribution in [-0.2, 0) is 12.1 Å². The highest BCUT2D eigenvalue weighted by atomic mass is 35.5. The molecule has 21 heavy (non-hydrogen) atoms. The maximum absolute atomic E-state index is 13.1. The van der Waals surface area contributed by atoms with E-state index in [0.29, 0.717) is 5.69 Å². The van der Waals surface area contributed by atoms with Crippen LogP contribution in [0.25, 0.3) is 0 Å². The average molecular weight is 322 g/mol. The molecule has 120 valence electrons. The highest BCUT2D eigenvalue weighted by Crippen LogP contribution is 2.35. The monoisotopic (exact) mass is 321 g/mol. The summed E-state index contributed by atoms with van der Waals surface area (Å²) in [6.45, 7) is 6.86. The Morgan fingerprint density at radius 3 is 2.33 bits per heavy atom. The van der Waals surface area contributed by atoms with Gasteiger partial charge in [-0.3, -0.25) is 0 Å². The zero-order valence-electron chi connectivity index (χ0n) is 12.8. The van der Waals surface area contributed by atoms with E-state index in [1.807, 2.05) is 18.7 Å². The molecule has 0 aliphatic carbocycles. The summed E-state index contributed by atoms with van der Waals surface area (Å²) < 4.78 is 39.3. The summed E-state index contributed by atoms with van der Waals surface area (Å²) >= 11 is 5.62. The van der Waals surface area contributed by atoms with E-state index < -0.39 is 11.7 Å². The highest BCUT2D eigenvalue weighted by molar-refractivity contribution is 6.17. The van der Waals surface area contributed by atoms with Crippen LogP contribution in [-0.4, -0.2) is 12.6 Å². The molecule has 0 N–H and O–H groups in total. The summed E-state index contributed by atoms with van der Waals surface area (Å²) in [6, 6.07) is 4.60. The van der Waals surface area contributed by atoms with Crippen LogP contribution in [0.3, 0.4) is 0 Å². The fourth-order valence-corrected chi connectivity index (χ4v) is 2.57. The van der Waals surface area contributed by atoms with Gasteiger partial charge in [0.1, 0.15) is 0 Å². The Kier molecular flexibility index (Phi) is 6.85. The molecule has 0 aliphatic heterocycles. The largest absolute Gasteiger partial charge is 0.416 e. The number of nitrogens with zero attached hydrogens (tertiary/aromatic N) is 1. The lowest BCUT2D eigenvalue weighted by molar-refractivity contribution is -0.138. The van der Waals surface area contributed by atoms with Crippen molar-refractivity contribution in [2.24, 2.45) is 0 Å². The van der Waals surface area contributed by atoms with Gasteiger partial charge in [-0.25, -0.2) is 0 Å². The molecule has 0 aromatic heterocycles. The van der Waals surface area contributed by atoms with Crippen LogP contribution in [0.4, 0.5) is 18.9 Å². The van der Waals surface area contributed by atoms with Crippen molar-refractivity contribution in [3.8, 4) is 0 Å². The molecule has 0 bridgehead atoms. The quantitative estimate of drug-likeness (QED) is 0.450. The fraction of sp³-hybridized carbons (Fsp3) is 0.625. The Morgan fingerprint density at radius 2 is 1.86 bits per heavy atom. The fourth-order valence-electron chi connectivity index (χ4n) is 2.34. The molecular formula is C16H23ClF3N. The second-order valence-corrected chi connectivity index (χ2v) is 5.73. The van der Waals surface area contributed by atoms with E-state index in [0.717, 1.165) is 25.8 Å². The van der Waals surface area contributed by atoms with Crippen molar-refractivity contribution in [2.75, 3.05) is 11.4 Å². The molecule has 0 saturated carbocycles. The minimum atomic E-state index is -4.37. The number of hydrogen-bond donors (Lipinski definition) is 0. The molecule has 1 rings (SSSR count). The second kappa shape index (κ2) is 7.92. The first-order chi connectivity index (χ1) is 9.81. The second-order valence-electron chi connectivity index (χ2n) is 5.47. The number of benzene rings is 1. The number of rotatable bonds is 7. The maximum atomic E-state index is 13.1. The SMILES string of the molecule is CCCCCN(c1ccc(CCl)c(C(F)(F)F)c1)C(C)C. The van der Waals surface area contributed by atoms with Crippen LogP contribution in [0.15, 0.2) is 18.2 Å². The molecule has 0 spiro atoms. The van der Waals surface area contributed by atoms with Gasteiger partial charge in [0, 0.05) is 24.2 Å². The van der Waals surface area contributed by atoms with Crippen molar-refractivity contribution < 1.29 is 13.2 Å². The summed E-state index contributed by atoms with van der Waals surface area (Å²) in [5.74, 6) is -0.132. The van der Waals surface area contributed by atoms with Gasteiger partial charge in [0.25, 0.3) is 0 Å². The maximum Gasteiger partial charge on any atom is 0.416 e. The van der Waals surface area contributed by atoms with Crippen molar-refractivity contribution in [3.05, 3.63) is 29.3 Å². The molecule has 0 unspecified atom stereocenters. The Bertz CT molecular complexity index is 444. The van der Waals surface area contributed by atoms with Gasteiger partial charge in [-0.15, -0.1) is 11.6 Å². The highest BCUT2D eigenvalue weighted by Gasteiger charge is 2.33.